The molecule has 3 N–H and O–H groups in total. The number of nitrogens with two attached hydrogens (primary N) is 1. The van der Waals surface area contributed by atoms with Crippen molar-refractivity contribution in [1.82, 2.24) is 4.98 Å². The molecule has 1 aromatic heterocycles. The van der Waals surface area contributed by atoms with Gasteiger partial charge in [-0.1, -0.05) is 18.2 Å². The third kappa shape index (κ3) is 2.39. The number of para-hydroxylation sites is 1. The summed E-state index contributed by atoms with van der Waals surface area (Å²) >= 11 is 0. The molecule has 1 aliphatic rings. The van der Waals surface area contributed by atoms with Gasteiger partial charge in [0.2, 0.25) is 5.91 Å². The smallest absolute Gasteiger partial charge is 0.234 e. The molecule has 1 aliphatic heterocycles. The predicted octanol–water partition coefficient (Wildman–Crippen LogP) is 1.85. The topological polar surface area (TPSA) is 77.2 Å². The number of carbonyl (C=O) groups is 1. The number of fused-ring (bicyclic) bond motifs is 1. The van der Waals surface area contributed by atoms with E-state index in [-0.39, 0.29) is 11.9 Å². The molecule has 5 heteroatoms. The monoisotopic (exact) mass is 285 g/mol. The fraction of sp³-hybridized carbons (Fsp3) is 0.375. The van der Waals surface area contributed by atoms with E-state index in [1.165, 1.54) is 0 Å². The van der Waals surface area contributed by atoms with Crippen LogP contribution in [0.5, 0.6) is 0 Å². The molecule has 0 spiro atoms. The van der Waals surface area contributed by atoms with Crippen molar-refractivity contribution in [2.24, 2.45) is 11.1 Å². The van der Waals surface area contributed by atoms with Crippen LogP contribution in [-0.4, -0.2) is 30.1 Å². The Morgan fingerprint density at radius 1 is 1.48 bits per heavy atom. The van der Waals surface area contributed by atoms with Gasteiger partial charge in [-0.25, -0.2) is 0 Å². The normalized spacial score (nSPS) is 25.2. The summed E-state index contributed by atoms with van der Waals surface area (Å²) in [6.45, 7) is 4.52. The first-order chi connectivity index (χ1) is 10.0. The average molecular weight is 285 g/mol. The summed E-state index contributed by atoms with van der Waals surface area (Å²) in [5, 5.41) is 3.92. The number of amides is 1. The molecule has 5 nitrogen and oxygen atoms in total. The van der Waals surface area contributed by atoms with Gasteiger partial charge in [-0.2, -0.15) is 0 Å². The number of pyridine rings is 1. The van der Waals surface area contributed by atoms with Gasteiger partial charge in [-0.05, 0) is 26.0 Å². The maximum Gasteiger partial charge on any atom is 0.234 e. The molecule has 1 saturated heterocycles. The van der Waals surface area contributed by atoms with E-state index in [1.54, 1.807) is 0 Å². The Labute approximate surface area is 123 Å². The molecule has 1 fully saturated rings. The van der Waals surface area contributed by atoms with Crippen molar-refractivity contribution in [2.75, 3.05) is 18.5 Å². The minimum atomic E-state index is -0.696. The van der Waals surface area contributed by atoms with Crippen LogP contribution in [0.2, 0.25) is 0 Å². The van der Waals surface area contributed by atoms with E-state index in [4.69, 9.17) is 10.5 Å². The second-order valence-electron chi connectivity index (χ2n) is 5.82. The van der Waals surface area contributed by atoms with Gasteiger partial charge < -0.3 is 15.8 Å². The molecule has 2 heterocycles. The van der Waals surface area contributed by atoms with Crippen LogP contribution >= 0.6 is 0 Å². The number of benzene rings is 1. The van der Waals surface area contributed by atoms with Gasteiger partial charge in [0.15, 0.2) is 0 Å². The van der Waals surface area contributed by atoms with Crippen molar-refractivity contribution in [3.63, 3.8) is 0 Å². The standard InChI is InChI=1S/C16H19N3O2/c1-10-7-13(11-5-3-4-6-12(11)18-10)19-15(20)16(2)9-21-8-14(16)17/h3-7,14H,8-9,17H2,1-2H3,(H,18,19,20). The van der Waals surface area contributed by atoms with Crippen LogP contribution in [0.1, 0.15) is 12.6 Å². The SMILES string of the molecule is Cc1cc(NC(=O)C2(C)COCC2N)c2ccccc2n1. The van der Waals surface area contributed by atoms with Crippen molar-refractivity contribution >= 4 is 22.5 Å². The Balaban J connectivity index is 1.97. The minimum Gasteiger partial charge on any atom is -0.379 e. The fourth-order valence-electron chi connectivity index (χ4n) is 2.60. The number of carbonyl (C=O) groups excluding carboxylic acids is 1. The van der Waals surface area contributed by atoms with Gasteiger partial charge in [-0.15, -0.1) is 0 Å². The lowest BCUT2D eigenvalue weighted by molar-refractivity contribution is -0.125. The van der Waals surface area contributed by atoms with Gasteiger partial charge in [0.25, 0.3) is 0 Å². The zero-order valence-electron chi connectivity index (χ0n) is 12.2. The van der Waals surface area contributed by atoms with Crippen LogP contribution in [0.4, 0.5) is 5.69 Å². The first-order valence-electron chi connectivity index (χ1n) is 7.02. The lowest BCUT2D eigenvalue weighted by Gasteiger charge is -2.25. The van der Waals surface area contributed by atoms with E-state index in [9.17, 15) is 4.79 Å². The van der Waals surface area contributed by atoms with E-state index < -0.39 is 5.41 Å². The second-order valence-corrected chi connectivity index (χ2v) is 5.82. The second kappa shape index (κ2) is 5.09. The summed E-state index contributed by atoms with van der Waals surface area (Å²) in [5.41, 5.74) is 7.81. The lowest BCUT2D eigenvalue weighted by atomic mass is 9.84. The zero-order chi connectivity index (χ0) is 15.0. The highest BCUT2D eigenvalue weighted by Gasteiger charge is 2.44. The summed E-state index contributed by atoms with van der Waals surface area (Å²) in [4.78, 5) is 17.1. The molecule has 2 aromatic rings. The largest absolute Gasteiger partial charge is 0.379 e. The molecule has 2 atom stereocenters. The van der Waals surface area contributed by atoms with E-state index in [2.05, 4.69) is 10.3 Å². The van der Waals surface area contributed by atoms with E-state index >= 15 is 0 Å². The molecule has 21 heavy (non-hydrogen) atoms. The Bertz CT molecular complexity index is 701. The van der Waals surface area contributed by atoms with Crippen LogP contribution in [0.3, 0.4) is 0 Å². The quantitative estimate of drug-likeness (QED) is 0.882. The number of hydrogen-bond acceptors (Lipinski definition) is 4. The summed E-state index contributed by atoms with van der Waals surface area (Å²) < 4.78 is 5.34. The van der Waals surface area contributed by atoms with Gasteiger partial charge in [0.1, 0.15) is 0 Å². The van der Waals surface area contributed by atoms with Crippen molar-refractivity contribution in [2.45, 2.75) is 19.9 Å². The Kier molecular flexibility index (Phi) is 3.39. The fourth-order valence-corrected chi connectivity index (χ4v) is 2.60. The highest BCUT2D eigenvalue weighted by atomic mass is 16.5. The van der Waals surface area contributed by atoms with E-state index in [1.807, 2.05) is 44.2 Å². The molecular weight excluding hydrogens is 266 g/mol. The third-order valence-corrected chi connectivity index (χ3v) is 4.13. The minimum absolute atomic E-state index is 0.108. The highest BCUT2D eigenvalue weighted by Crippen LogP contribution is 2.30. The number of nitrogens with zero attached hydrogens (tertiary/aromatic N) is 1. The van der Waals surface area contributed by atoms with Crippen molar-refractivity contribution in [3.05, 3.63) is 36.0 Å². The van der Waals surface area contributed by atoms with Crippen LogP contribution < -0.4 is 11.1 Å². The molecule has 1 amide bonds. The molecule has 0 bridgehead atoms. The molecule has 1 aromatic carbocycles. The molecule has 2 unspecified atom stereocenters. The lowest BCUT2D eigenvalue weighted by Crippen LogP contribution is -2.47. The Morgan fingerprint density at radius 2 is 2.24 bits per heavy atom. The summed E-state index contributed by atoms with van der Waals surface area (Å²) in [6.07, 6.45) is 0. The highest BCUT2D eigenvalue weighted by molar-refractivity contribution is 6.03. The molecule has 0 saturated carbocycles. The number of aromatic nitrogens is 1. The van der Waals surface area contributed by atoms with Gasteiger partial charge >= 0.3 is 0 Å². The number of hydrogen-bond donors (Lipinski definition) is 2. The van der Waals surface area contributed by atoms with Crippen LogP contribution in [0.25, 0.3) is 10.9 Å². The summed E-state index contributed by atoms with van der Waals surface area (Å²) in [7, 11) is 0. The van der Waals surface area contributed by atoms with Gasteiger partial charge in [0, 0.05) is 17.1 Å². The Hall–Kier alpha value is -1.98. The first kappa shape index (κ1) is 14.0. The predicted molar refractivity (Wildman–Crippen MR) is 82.0 cm³/mol. The van der Waals surface area contributed by atoms with Crippen molar-refractivity contribution in [1.29, 1.82) is 0 Å². The van der Waals surface area contributed by atoms with E-state index in [0.717, 1.165) is 22.3 Å². The van der Waals surface area contributed by atoms with E-state index in [0.29, 0.717) is 13.2 Å². The maximum absolute atomic E-state index is 12.6. The summed E-state index contributed by atoms with van der Waals surface area (Å²) in [6, 6.07) is 9.34. The van der Waals surface area contributed by atoms with Crippen LogP contribution in [-0.2, 0) is 9.53 Å². The first-order valence-corrected chi connectivity index (χ1v) is 7.02. The maximum atomic E-state index is 12.6. The van der Waals surface area contributed by atoms with Gasteiger partial charge in [0.05, 0.1) is 29.8 Å². The number of anilines is 1. The van der Waals surface area contributed by atoms with Gasteiger partial charge in [-0.3, -0.25) is 9.78 Å². The van der Waals surface area contributed by atoms with Crippen LogP contribution in [0, 0.1) is 12.3 Å². The number of ether oxygens (including phenoxy) is 1. The molecule has 3 rings (SSSR count). The van der Waals surface area contributed by atoms with Crippen LogP contribution in [0.15, 0.2) is 30.3 Å². The molecular formula is C16H19N3O2. The molecule has 110 valence electrons. The zero-order valence-corrected chi connectivity index (χ0v) is 12.2. The number of aryl methyl sites for hydroxylation is 1. The summed E-state index contributed by atoms with van der Waals surface area (Å²) in [5.74, 6) is -0.108. The van der Waals surface area contributed by atoms with Crippen molar-refractivity contribution < 1.29 is 9.53 Å². The molecule has 0 aliphatic carbocycles. The number of nitrogens with one attached hydrogen (secondary N) is 1. The number of rotatable bonds is 2. The Morgan fingerprint density at radius 3 is 2.95 bits per heavy atom. The third-order valence-electron chi connectivity index (χ3n) is 4.13. The molecule has 0 radical (unpaired) electrons. The average Bonchev–Trinajstić information content (AvgIpc) is 2.80. The van der Waals surface area contributed by atoms with Crippen molar-refractivity contribution in [3.8, 4) is 0 Å².